The molecule has 8 nitrogen and oxygen atoms in total. The molecular formula is C23H24N4O4. The lowest BCUT2D eigenvalue weighted by atomic mass is 10.1. The molecule has 1 amide bonds. The Balaban J connectivity index is 1.45. The quantitative estimate of drug-likeness (QED) is 0.307. The summed E-state index contributed by atoms with van der Waals surface area (Å²) in [5.41, 5.74) is 2.91. The fourth-order valence-electron chi connectivity index (χ4n) is 2.96. The van der Waals surface area contributed by atoms with Crippen LogP contribution in [0.15, 0.2) is 61.2 Å². The molecule has 31 heavy (non-hydrogen) atoms. The van der Waals surface area contributed by atoms with Gasteiger partial charge < -0.3 is 10.1 Å². The average molecular weight is 420 g/mol. The van der Waals surface area contributed by atoms with Crippen molar-refractivity contribution in [2.45, 2.75) is 26.3 Å². The van der Waals surface area contributed by atoms with Crippen LogP contribution in [-0.4, -0.2) is 45.6 Å². The van der Waals surface area contributed by atoms with E-state index in [9.17, 15) is 14.4 Å². The fraction of sp³-hybridized carbons (Fsp3) is 0.261. The van der Waals surface area contributed by atoms with Crippen LogP contribution in [0.1, 0.15) is 45.2 Å². The molecule has 0 saturated carbocycles. The Morgan fingerprint density at radius 1 is 0.968 bits per heavy atom. The molecule has 1 heterocycles. The highest BCUT2D eigenvalue weighted by Crippen LogP contribution is 2.10. The van der Waals surface area contributed by atoms with Gasteiger partial charge in [-0.2, -0.15) is 5.10 Å². The summed E-state index contributed by atoms with van der Waals surface area (Å²) in [6.45, 7) is 2.34. The number of amides is 1. The number of nitrogens with one attached hydrogen (secondary N) is 1. The summed E-state index contributed by atoms with van der Waals surface area (Å²) in [6, 6.07) is 14.1. The van der Waals surface area contributed by atoms with Crippen molar-refractivity contribution in [1.82, 2.24) is 20.1 Å². The number of carbonyl (C=O) groups excluding carboxylic acids is 3. The summed E-state index contributed by atoms with van der Waals surface area (Å²) in [5.74, 6) is -0.852. The third kappa shape index (κ3) is 6.88. The largest absolute Gasteiger partial charge is 0.454 e. The molecule has 3 rings (SSSR count). The molecule has 0 fully saturated rings. The van der Waals surface area contributed by atoms with Crippen molar-refractivity contribution in [3.8, 4) is 0 Å². The lowest BCUT2D eigenvalue weighted by molar-refractivity contribution is -0.118. The van der Waals surface area contributed by atoms with Gasteiger partial charge in [-0.25, -0.2) is 14.5 Å². The Hall–Kier alpha value is -3.81. The van der Waals surface area contributed by atoms with Gasteiger partial charge in [0.2, 0.25) is 5.91 Å². The van der Waals surface area contributed by atoms with E-state index in [1.54, 1.807) is 35.3 Å². The van der Waals surface area contributed by atoms with E-state index in [0.29, 0.717) is 24.2 Å². The van der Waals surface area contributed by atoms with Gasteiger partial charge in [0.1, 0.15) is 12.7 Å². The molecule has 0 atom stereocenters. The first kappa shape index (κ1) is 21.9. The molecule has 1 aromatic heterocycles. The van der Waals surface area contributed by atoms with Crippen LogP contribution in [0.25, 0.3) is 0 Å². The highest BCUT2D eigenvalue weighted by molar-refractivity contribution is 5.99. The maximum Gasteiger partial charge on any atom is 0.338 e. The smallest absolute Gasteiger partial charge is 0.338 e. The van der Waals surface area contributed by atoms with Crippen molar-refractivity contribution < 1.29 is 19.1 Å². The summed E-state index contributed by atoms with van der Waals surface area (Å²) in [7, 11) is 0. The molecule has 2 aromatic carbocycles. The summed E-state index contributed by atoms with van der Waals surface area (Å²) in [5, 5.41) is 6.79. The lowest BCUT2D eigenvalue weighted by Crippen LogP contribution is -2.21. The van der Waals surface area contributed by atoms with Crippen LogP contribution in [-0.2, 0) is 22.5 Å². The first-order chi connectivity index (χ1) is 15.0. The van der Waals surface area contributed by atoms with Gasteiger partial charge in [-0.05, 0) is 36.1 Å². The number of aryl methyl sites for hydroxylation is 1. The zero-order valence-corrected chi connectivity index (χ0v) is 17.3. The maximum absolute atomic E-state index is 12.3. The van der Waals surface area contributed by atoms with E-state index in [0.717, 1.165) is 24.0 Å². The molecule has 0 saturated heterocycles. The van der Waals surface area contributed by atoms with E-state index in [-0.39, 0.29) is 18.3 Å². The number of carbonyl (C=O) groups is 3. The molecular weight excluding hydrogens is 396 g/mol. The fourth-order valence-corrected chi connectivity index (χ4v) is 2.96. The second-order valence-electron chi connectivity index (χ2n) is 7.07. The van der Waals surface area contributed by atoms with Crippen molar-refractivity contribution in [2.24, 2.45) is 0 Å². The SMILES string of the molecule is CC(=O)NCCCc1ccc(C(=O)COC(=O)c2ccc(Cn3cncn3)cc2)cc1. The molecule has 0 radical (unpaired) electrons. The number of rotatable bonds is 10. The van der Waals surface area contributed by atoms with E-state index in [1.807, 2.05) is 24.3 Å². The van der Waals surface area contributed by atoms with Crippen LogP contribution in [0.2, 0.25) is 0 Å². The minimum atomic E-state index is -0.546. The standard InChI is InChI=1S/C23H24N4O4/c1-17(28)25-12-2-3-18-4-8-20(9-5-18)22(29)14-31-23(30)21-10-6-19(7-11-21)13-27-16-24-15-26-27/h4-11,15-16H,2-3,12-14H2,1H3,(H,25,28). The van der Waals surface area contributed by atoms with Crippen LogP contribution >= 0.6 is 0 Å². The van der Waals surface area contributed by atoms with Gasteiger partial charge in [0.15, 0.2) is 12.4 Å². The first-order valence-corrected chi connectivity index (χ1v) is 9.96. The minimum Gasteiger partial charge on any atom is -0.454 e. The van der Waals surface area contributed by atoms with Gasteiger partial charge in [0, 0.05) is 19.0 Å². The number of benzene rings is 2. The molecule has 160 valence electrons. The monoisotopic (exact) mass is 420 g/mol. The van der Waals surface area contributed by atoms with Gasteiger partial charge >= 0.3 is 5.97 Å². The highest BCUT2D eigenvalue weighted by Gasteiger charge is 2.12. The minimum absolute atomic E-state index is 0.0433. The number of nitrogens with zero attached hydrogens (tertiary/aromatic N) is 3. The number of hydrogen-bond donors (Lipinski definition) is 1. The molecule has 0 bridgehead atoms. The number of esters is 1. The van der Waals surface area contributed by atoms with Gasteiger partial charge in [-0.1, -0.05) is 36.4 Å². The van der Waals surface area contributed by atoms with Crippen molar-refractivity contribution in [3.63, 3.8) is 0 Å². The molecule has 3 aromatic rings. The first-order valence-electron chi connectivity index (χ1n) is 9.96. The molecule has 0 aliphatic rings. The second kappa shape index (κ2) is 10.8. The van der Waals surface area contributed by atoms with Gasteiger partial charge in [0.05, 0.1) is 12.1 Å². The van der Waals surface area contributed by atoms with Crippen LogP contribution in [0.5, 0.6) is 0 Å². The van der Waals surface area contributed by atoms with Crippen molar-refractivity contribution >= 4 is 17.7 Å². The predicted molar refractivity (Wildman–Crippen MR) is 114 cm³/mol. The lowest BCUT2D eigenvalue weighted by Gasteiger charge is -2.07. The van der Waals surface area contributed by atoms with Gasteiger partial charge in [-0.3, -0.25) is 9.59 Å². The number of ketones is 1. The van der Waals surface area contributed by atoms with E-state index in [1.165, 1.54) is 13.3 Å². The Labute approximate surface area is 180 Å². The molecule has 0 unspecified atom stereocenters. The summed E-state index contributed by atoms with van der Waals surface area (Å²) >= 11 is 0. The molecule has 8 heteroatoms. The van der Waals surface area contributed by atoms with Crippen LogP contribution in [0, 0.1) is 0 Å². The molecule has 0 aliphatic heterocycles. The van der Waals surface area contributed by atoms with Crippen molar-refractivity contribution in [2.75, 3.05) is 13.2 Å². The van der Waals surface area contributed by atoms with Crippen molar-refractivity contribution in [1.29, 1.82) is 0 Å². The summed E-state index contributed by atoms with van der Waals surface area (Å²) < 4.78 is 6.85. The average Bonchev–Trinajstić information content (AvgIpc) is 3.28. The van der Waals surface area contributed by atoms with Crippen molar-refractivity contribution in [3.05, 3.63) is 83.4 Å². The number of hydrogen-bond acceptors (Lipinski definition) is 6. The number of aromatic nitrogens is 3. The zero-order valence-electron chi connectivity index (χ0n) is 17.3. The van der Waals surface area contributed by atoms with Crippen LogP contribution in [0.3, 0.4) is 0 Å². The second-order valence-corrected chi connectivity index (χ2v) is 7.07. The van der Waals surface area contributed by atoms with Gasteiger partial charge in [-0.15, -0.1) is 0 Å². The third-order valence-electron chi connectivity index (χ3n) is 4.63. The Bertz CT molecular complexity index is 1010. The van der Waals surface area contributed by atoms with E-state index < -0.39 is 5.97 Å². The van der Waals surface area contributed by atoms with Gasteiger partial charge in [0.25, 0.3) is 0 Å². The molecule has 0 spiro atoms. The third-order valence-corrected chi connectivity index (χ3v) is 4.63. The topological polar surface area (TPSA) is 103 Å². The normalized spacial score (nSPS) is 10.5. The number of ether oxygens (including phenoxy) is 1. The Kier molecular flexibility index (Phi) is 7.64. The van der Waals surface area contributed by atoms with E-state index in [2.05, 4.69) is 15.4 Å². The van der Waals surface area contributed by atoms with Crippen LogP contribution in [0.4, 0.5) is 0 Å². The molecule has 1 N–H and O–H groups in total. The summed E-state index contributed by atoms with van der Waals surface area (Å²) in [6.07, 6.45) is 4.70. The zero-order chi connectivity index (χ0) is 22.1. The number of Topliss-reactive ketones (excluding diaryl/α,β-unsaturated/α-hetero) is 1. The highest BCUT2D eigenvalue weighted by atomic mass is 16.5. The summed E-state index contributed by atoms with van der Waals surface area (Å²) in [4.78, 5) is 39.3. The Morgan fingerprint density at radius 3 is 2.29 bits per heavy atom. The van der Waals surface area contributed by atoms with E-state index in [4.69, 9.17) is 4.74 Å². The molecule has 0 aliphatic carbocycles. The maximum atomic E-state index is 12.3. The van der Waals surface area contributed by atoms with E-state index >= 15 is 0 Å². The predicted octanol–water partition coefficient (Wildman–Crippen LogP) is 2.43. The van der Waals surface area contributed by atoms with Crippen LogP contribution < -0.4 is 5.32 Å². The Morgan fingerprint density at radius 2 is 1.65 bits per heavy atom.